The second-order valence-electron chi connectivity index (χ2n) is 4.56. The van der Waals surface area contributed by atoms with Gasteiger partial charge in [-0.05, 0) is 20.8 Å². The molecule has 0 radical (unpaired) electrons. The Labute approximate surface area is 107 Å². The lowest BCUT2D eigenvalue weighted by molar-refractivity contribution is 0.173. The summed E-state index contributed by atoms with van der Waals surface area (Å²) >= 11 is 0. The Bertz CT molecular complexity index is 541. The fourth-order valence-corrected chi connectivity index (χ4v) is 2.37. The molecule has 1 N–H and O–H groups in total. The number of aliphatic hydroxyl groups excluding tert-OH is 1. The lowest BCUT2D eigenvalue weighted by Gasteiger charge is -2.12. The highest BCUT2D eigenvalue weighted by molar-refractivity contribution is 5.27. The van der Waals surface area contributed by atoms with Gasteiger partial charge in [0, 0.05) is 43.7 Å². The highest BCUT2D eigenvalue weighted by Crippen LogP contribution is 2.23. The van der Waals surface area contributed by atoms with Crippen molar-refractivity contribution in [2.45, 2.75) is 39.8 Å². The Morgan fingerprint density at radius 1 is 1.39 bits per heavy atom. The Morgan fingerprint density at radius 3 is 2.67 bits per heavy atom. The van der Waals surface area contributed by atoms with Crippen LogP contribution in [0, 0.1) is 13.8 Å². The zero-order chi connectivity index (χ0) is 13.3. The summed E-state index contributed by atoms with van der Waals surface area (Å²) < 4.78 is 3.85. The maximum absolute atomic E-state index is 10.4. The molecule has 0 saturated heterocycles. The Morgan fingerprint density at radius 2 is 2.11 bits per heavy atom. The van der Waals surface area contributed by atoms with Gasteiger partial charge < -0.3 is 9.67 Å². The van der Waals surface area contributed by atoms with Gasteiger partial charge >= 0.3 is 0 Å². The van der Waals surface area contributed by atoms with Crippen LogP contribution < -0.4 is 0 Å². The molecule has 18 heavy (non-hydrogen) atoms. The largest absolute Gasteiger partial charge is 0.388 e. The molecule has 2 heterocycles. The van der Waals surface area contributed by atoms with Crippen LogP contribution in [0.1, 0.15) is 35.8 Å². The molecule has 0 bridgehead atoms. The van der Waals surface area contributed by atoms with E-state index in [1.807, 2.05) is 31.7 Å². The lowest BCUT2D eigenvalue weighted by Crippen LogP contribution is -2.09. The van der Waals surface area contributed by atoms with Crippen LogP contribution in [0.4, 0.5) is 0 Å². The van der Waals surface area contributed by atoms with Crippen molar-refractivity contribution < 1.29 is 5.11 Å². The van der Waals surface area contributed by atoms with Gasteiger partial charge in [-0.25, -0.2) is 4.98 Å². The smallest absolute Gasteiger partial charge is 0.111 e. The average molecular weight is 248 g/mol. The van der Waals surface area contributed by atoms with Gasteiger partial charge in [0.05, 0.1) is 11.8 Å². The van der Waals surface area contributed by atoms with Crippen molar-refractivity contribution in [2.75, 3.05) is 0 Å². The van der Waals surface area contributed by atoms with E-state index in [2.05, 4.69) is 17.0 Å². The quantitative estimate of drug-likeness (QED) is 0.892. The molecule has 1 unspecified atom stereocenters. The van der Waals surface area contributed by atoms with Crippen LogP contribution in [0.5, 0.6) is 0 Å². The summed E-state index contributed by atoms with van der Waals surface area (Å²) in [6.07, 6.45) is 3.68. The molecule has 0 amide bonds. The molecule has 0 saturated carbocycles. The first kappa shape index (κ1) is 12.8. The first-order valence-electron chi connectivity index (χ1n) is 6.22. The molecule has 98 valence electrons. The molecular weight excluding hydrogens is 228 g/mol. The molecule has 0 fully saturated rings. The number of imidazole rings is 1. The maximum Gasteiger partial charge on any atom is 0.111 e. The Hall–Kier alpha value is -1.62. The molecule has 2 rings (SSSR count). The minimum absolute atomic E-state index is 0.522. The van der Waals surface area contributed by atoms with Gasteiger partial charge in [-0.15, -0.1) is 0 Å². The summed E-state index contributed by atoms with van der Waals surface area (Å²) in [7, 11) is 1.89. The highest BCUT2D eigenvalue weighted by Gasteiger charge is 2.19. The van der Waals surface area contributed by atoms with E-state index in [1.54, 1.807) is 10.9 Å². The molecule has 0 spiro atoms. The van der Waals surface area contributed by atoms with Gasteiger partial charge in [0.15, 0.2) is 0 Å². The molecule has 5 nitrogen and oxygen atoms in total. The molecule has 5 heteroatoms. The van der Waals surface area contributed by atoms with E-state index in [4.69, 9.17) is 0 Å². The number of hydrogen-bond acceptors (Lipinski definition) is 3. The first-order valence-corrected chi connectivity index (χ1v) is 6.22. The van der Waals surface area contributed by atoms with Crippen molar-refractivity contribution in [2.24, 2.45) is 7.05 Å². The van der Waals surface area contributed by atoms with Crippen molar-refractivity contribution in [1.29, 1.82) is 0 Å². The number of aliphatic hydroxyl groups is 1. The fourth-order valence-electron chi connectivity index (χ4n) is 2.37. The average Bonchev–Trinajstić information content (AvgIpc) is 2.85. The van der Waals surface area contributed by atoms with Crippen LogP contribution in [-0.2, 0) is 20.0 Å². The minimum atomic E-state index is -0.550. The van der Waals surface area contributed by atoms with E-state index in [0.717, 1.165) is 29.3 Å². The number of hydrogen-bond donors (Lipinski definition) is 1. The van der Waals surface area contributed by atoms with Gasteiger partial charge in [-0.3, -0.25) is 4.68 Å². The third kappa shape index (κ3) is 2.18. The maximum atomic E-state index is 10.4. The summed E-state index contributed by atoms with van der Waals surface area (Å²) in [4.78, 5) is 4.29. The van der Waals surface area contributed by atoms with Crippen molar-refractivity contribution in [1.82, 2.24) is 19.3 Å². The fraction of sp³-hybridized carbons (Fsp3) is 0.538. The minimum Gasteiger partial charge on any atom is -0.388 e. The van der Waals surface area contributed by atoms with Crippen molar-refractivity contribution in [3.63, 3.8) is 0 Å². The number of aromatic nitrogens is 4. The van der Waals surface area contributed by atoms with Crippen molar-refractivity contribution >= 4 is 0 Å². The van der Waals surface area contributed by atoms with Gasteiger partial charge in [0.1, 0.15) is 5.82 Å². The lowest BCUT2D eigenvalue weighted by atomic mass is 10.0. The topological polar surface area (TPSA) is 55.9 Å². The highest BCUT2D eigenvalue weighted by atomic mass is 16.3. The summed E-state index contributed by atoms with van der Waals surface area (Å²) in [5.74, 6) is 0.910. The molecule has 1 atom stereocenters. The van der Waals surface area contributed by atoms with Crippen LogP contribution in [0.15, 0.2) is 12.4 Å². The number of nitrogens with zero attached hydrogens (tertiary/aromatic N) is 4. The summed E-state index contributed by atoms with van der Waals surface area (Å²) in [5.41, 5.74) is 2.81. The third-order valence-corrected chi connectivity index (χ3v) is 3.42. The van der Waals surface area contributed by atoms with Crippen molar-refractivity contribution in [3.8, 4) is 0 Å². The second-order valence-corrected chi connectivity index (χ2v) is 4.56. The van der Waals surface area contributed by atoms with Crippen LogP contribution in [-0.4, -0.2) is 24.4 Å². The predicted octanol–water partition coefficient (Wildman–Crippen LogP) is 1.53. The van der Waals surface area contributed by atoms with Gasteiger partial charge in [-0.2, -0.15) is 5.10 Å². The summed E-state index contributed by atoms with van der Waals surface area (Å²) in [5, 5.41) is 14.7. The van der Waals surface area contributed by atoms with Crippen LogP contribution in [0.2, 0.25) is 0 Å². The standard InChI is InChI=1S/C13H20N4O/c1-5-17-7-6-14-12(17)8-11(18)13-9(2)15-16(4)10(13)3/h6-7,11,18H,5,8H2,1-4H3. The number of rotatable bonds is 4. The van der Waals surface area contributed by atoms with E-state index in [9.17, 15) is 5.11 Å². The summed E-state index contributed by atoms with van der Waals surface area (Å²) in [6.45, 7) is 6.84. The van der Waals surface area contributed by atoms with E-state index in [0.29, 0.717) is 6.42 Å². The van der Waals surface area contributed by atoms with E-state index in [-0.39, 0.29) is 0 Å². The zero-order valence-corrected chi connectivity index (χ0v) is 11.4. The van der Waals surface area contributed by atoms with Crippen LogP contribution in [0.3, 0.4) is 0 Å². The number of aryl methyl sites for hydroxylation is 3. The van der Waals surface area contributed by atoms with Gasteiger partial charge in [0.2, 0.25) is 0 Å². The zero-order valence-electron chi connectivity index (χ0n) is 11.4. The molecular formula is C13H20N4O. The molecule has 0 aliphatic heterocycles. The van der Waals surface area contributed by atoms with Crippen molar-refractivity contribution in [3.05, 3.63) is 35.2 Å². The molecule has 0 aliphatic carbocycles. The van der Waals surface area contributed by atoms with Gasteiger partial charge in [0.25, 0.3) is 0 Å². The van der Waals surface area contributed by atoms with Crippen LogP contribution in [0.25, 0.3) is 0 Å². The SMILES string of the molecule is CCn1ccnc1CC(O)c1c(C)nn(C)c1C. The van der Waals surface area contributed by atoms with E-state index >= 15 is 0 Å². The third-order valence-electron chi connectivity index (χ3n) is 3.42. The molecule has 2 aromatic heterocycles. The Kier molecular flexibility index (Phi) is 3.52. The molecule has 0 aromatic carbocycles. The predicted molar refractivity (Wildman–Crippen MR) is 69.2 cm³/mol. The Balaban J connectivity index is 2.24. The summed E-state index contributed by atoms with van der Waals surface area (Å²) in [6, 6.07) is 0. The monoisotopic (exact) mass is 248 g/mol. The second kappa shape index (κ2) is 4.94. The first-order chi connectivity index (χ1) is 8.54. The normalized spacial score (nSPS) is 12.9. The van der Waals surface area contributed by atoms with E-state index < -0.39 is 6.10 Å². The van der Waals surface area contributed by atoms with Gasteiger partial charge in [-0.1, -0.05) is 0 Å². The van der Waals surface area contributed by atoms with Crippen LogP contribution >= 0.6 is 0 Å². The molecule has 2 aromatic rings. The van der Waals surface area contributed by atoms with E-state index in [1.165, 1.54) is 0 Å². The molecule has 0 aliphatic rings.